The molecule has 1 N–H and O–H groups in total. The number of hydrogen-bond acceptors (Lipinski definition) is 5. The second-order valence-electron chi connectivity index (χ2n) is 10.9. The van der Waals surface area contributed by atoms with Crippen LogP contribution in [0.2, 0.25) is 0 Å². The number of aromatic nitrogens is 2. The van der Waals surface area contributed by atoms with Crippen molar-refractivity contribution >= 4 is 28.3 Å². The standard InChI is InChI=1S/C30H38N4O3/c1-20(2)15-28(34-19-31-26-13-6-5-12-25(26)30(34)37)29(36)32-27(16-22(4)35)23-10-7-11-24(17-23)33-14-8-9-21(3)18-33/h5-7,10-13,17,19-21,27-28H,8-9,14-16,18H2,1-4H3,(H,32,36)/t21-,27+,28+/m1/s1. The Morgan fingerprint density at radius 2 is 1.92 bits per heavy atom. The summed E-state index contributed by atoms with van der Waals surface area (Å²) in [6.07, 6.45) is 4.52. The maximum Gasteiger partial charge on any atom is 0.261 e. The molecule has 0 radical (unpaired) electrons. The van der Waals surface area contributed by atoms with Crippen molar-refractivity contribution in [2.24, 2.45) is 11.8 Å². The van der Waals surface area contributed by atoms with E-state index in [1.807, 2.05) is 32.0 Å². The summed E-state index contributed by atoms with van der Waals surface area (Å²) in [5, 5.41) is 3.60. The Labute approximate surface area is 218 Å². The van der Waals surface area contributed by atoms with Gasteiger partial charge in [0.25, 0.3) is 5.56 Å². The number of amides is 1. The first-order valence-electron chi connectivity index (χ1n) is 13.3. The lowest BCUT2D eigenvalue weighted by Gasteiger charge is -2.33. The number of hydrogen-bond donors (Lipinski definition) is 1. The molecule has 196 valence electrons. The minimum absolute atomic E-state index is 0.00718. The van der Waals surface area contributed by atoms with Crippen LogP contribution in [0.1, 0.15) is 71.0 Å². The number of fused-ring (bicyclic) bond motifs is 1. The second-order valence-corrected chi connectivity index (χ2v) is 10.9. The fraction of sp³-hybridized carbons (Fsp3) is 0.467. The van der Waals surface area contributed by atoms with Gasteiger partial charge in [0.2, 0.25) is 5.91 Å². The van der Waals surface area contributed by atoms with Gasteiger partial charge >= 0.3 is 0 Å². The average molecular weight is 503 g/mol. The van der Waals surface area contributed by atoms with Crippen LogP contribution in [0.4, 0.5) is 5.69 Å². The van der Waals surface area contributed by atoms with E-state index >= 15 is 0 Å². The molecule has 0 unspecified atom stereocenters. The van der Waals surface area contributed by atoms with Crippen LogP contribution >= 0.6 is 0 Å². The molecule has 0 spiro atoms. The Morgan fingerprint density at radius 3 is 2.65 bits per heavy atom. The van der Waals surface area contributed by atoms with Crippen molar-refractivity contribution in [1.82, 2.24) is 14.9 Å². The van der Waals surface area contributed by atoms with E-state index in [9.17, 15) is 14.4 Å². The Kier molecular flexibility index (Phi) is 8.41. The summed E-state index contributed by atoms with van der Waals surface area (Å²) < 4.78 is 1.44. The van der Waals surface area contributed by atoms with Gasteiger partial charge < -0.3 is 10.2 Å². The Hall–Kier alpha value is -3.48. The van der Waals surface area contributed by atoms with E-state index in [0.717, 1.165) is 30.8 Å². The SMILES string of the molecule is CC(=O)C[C@H](NC(=O)[C@H](CC(C)C)n1cnc2ccccc2c1=O)c1cccc(N2CCC[C@@H](C)C2)c1. The van der Waals surface area contributed by atoms with Gasteiger partial charge in [-0.3, -0.25) is 19.0 Å². The van der Waals surface area contributed by atoms with Gasteiger partial charge in [0.1, 0.15) is 11.8 Å². The predicted octanol–water partition coefficient (Wildman–Crippen LogP) is 5.06. The molecule has 0 bridgehead atoms. The molecule has 4 rings (SSSR count). The topological polar surface area (TPSA) is 84.3 Å². The zero-order valence-electron chi connectivity index (χ0n) is 22.3. The summed E-state index contributed by atoms with van der Waals surface area (Å²) in [6.45, 7) is 9.87. The normalized spacial score (nSPS) is 17.5. The molecule has 1 saturated heterocycles. The first kappa shape index (κ1) is 26.6. The number of nitrogens with zero attached hydrogens (tertiary/aromatic N) is 3. The van der Waals surface area contributed by atoms with Crippen molar-refractivity contribution < 1.29 is 9.59 Å². The summed E-state index contributed by atoms with van der Waals surface area (Å²) in [4.78, 5) is 46.1. The third-order valence-electron chi connectivity index (χ3n) is 7.13. The van der Waals surface area contributed by atoms with Gasteiger partial charge in [-0.2, -0.15) is 0 Å². The number of piperidine rings is 1. The minimum Gasteiger partial charge on any atom is -0.371 e. The summed E-state index contributed by atoms with van der Waals surface area (Å²) in [7, 11) is 0. The second kappa shape index (κ2) is 11.7. The monoisotopic (exact) mass is 502 g/mol. The summed E-state index contributed by atoms with van der Waals surface area (Å²) in [6, 6.07) is 14.1. The first-order chi connectivity index (χ1) is 17.7. The highest BCUT2D eigenvalue weighted by Crippen LogP contribution is 2.28. The molecular formula is C30H38N4O3. The molecule has 1 aromatic heterocycles. The fourth-order valence-corrected chi connectivity index (χ4v) is 5.27. The lowest BCUT2D eigenvalue weighted by Crippen LogP contribution is -2.40. The number of para-hydroxylation sites is 1. The van der Waals surface area contributed by atoms with Gasteiger partial charge in [0.05, 0.1) is 23.3 Å². The number of carbonyl (C=O) groups excluding carboxylic acids is 2. The fourth-order valence-electron chi connectivity index (χ4n) is 5.27. The van der Waals surface area contributed by atoms with Gasteiger partial charge in [0, 0.05) is 25.2 Å². The van der Waals surface area contributed by atoms with Crippen LogP contribution in [0.5, 0.6) is 0 Å². The average Bonchev–Trinajstić information content (AvgIpc) is 2.87. The first-order valence-corrected chi connectivity index (χ1v) is 13.3. The zero-order valence-corrected chi connectivity index (χ0v) is 22.3. The van der Waals surface area contributed by atoms with Crippen molar-refractivity contribution in [2.45, 2.75) is 65.5 Å². The van der Waals surface area contributed by atoms with Crippen LogP contribution in [0, 0.1) is 11.8 Å². The van der Waals surface area contributed by atoms with E-state index in [1.54, 1.807) is 25.1 Å². The Bertz CT molecular complexity index is 1320. The summed E-state index contributed by atoms with van der Waals surface area (Å²) in [5.74, 6) is 0.518. The van der Waals surface area contributed by atoms with Crippen LogP contribution < -0.4 is 15.8 Å². The molecular weight excluding hydrogens is 464 g/mol. The van der Waals surface area contributed by atoms with Gasteiger partial charge in [-0.05, 0) is 67.9 Å². The molecule has 7 heteroatoms. The lowest BCUT2D eigenvalue weighted by molar-refractivity contribution is -0.126. The maximum atomic E-state index is 13.7. The number of carbonyl (C=O) groups is 2. The van der Waals surface area contributed by atoms with E-state index in [-0.39, 0.29) is 29.6 Å². The van der Waals surface area contributed by atoms with Gasteiger partial charge in [-0.15, -0.1) is 0 Å². The number of anilines is 1. The van der Waals surface area contributed by atoms with E-state index in [0.29, 0.717) is 23.2 Å². The van der Waals surface area contributed by atoms with Gasteiger partial charge in [-0.1, -0.05) is 45.0 Å². The van der Waals surface area contributed by atoms with Crippen LogP contribution in [0.15, 0.2) is 59.7 Å². The summed E-state index contributed by atoms with van der Waals surface area (Å²) in [5.41, 5.74) is 2.37. The van der Waals surface area contributed by atoms with Crippen molar-refractivity contribution in [3.8, 4) is 0 Å². The molecule has 3 aromatic rings. The largest absolute Gasteiger partial charge is 0.371 e. The molecule has 3 atom stereocenters. The quantitative estimate of drug-likeness (QED) is 0.442. The molecule has 2 heterocycles. The van der Waals surface area contributed by atoms with E-state index in [1.165, 1.54) is 17.3 Å². The van der Waals surface area contributed by atoms with Crippen LogP contribution in [0.25, 0.3) is 10.9 Å². The van der Waals surface area contributed by atoms with Crippen LogP contribution in [0.3, 0.4) is 0 Å². The molecule has 1 aliphatic rings. The van der Waals surface area contributed by atoms with Crippen LogP contribution in [-0.2, 0) is 9.59 Å². The molecule has 1 amide bonds. The van der Waals surface area contributed by atoms with Crippen molar-refractivity contribution in [3.05, 3.63) is 70.8 Å². The van der Waals surface area contributed by atoms with Crippen molar-refractivity contribution in [1.29, 1.82) is 0 Å². The predicted molar refractivity (Wildman–Crippen MR) is 148 cm³/mol. The molecule has 1 aliphatic heterocycles. The lowest BCUT2D eigenvalue weighted by atomic mass is 9.97. The number of nitrogens with one attached hydrogen (secondary N) is 1. The molecule has 2 aromatic carbocycles. The third kappa shape index (κ3) is 6.45. The molecule has 1 fully saturated rings. The van der Waals surface area contributed by atoms with E-state index in [2.05, 4.69) is 34.3 Å². The van der Waals surface area contributed by atoms with Gasteiger partial charge in [0.15, 0.2) is 0 Å². The number of Topliss-reactive ketones (excluding diaryl/α,β-unsaturated/α-hetero) is 1. The minimum atomic E-state index is -0.731. The Morgan fingerprint density at radius 1 is 1.14 bits per heavy atom. The third-order valence-corrected chi connectivity index (χ3v) is 7.13. The molecule has 37 heavy (non-hydrogen) atoms. The summed E-state index contributed by atoms with van der Waals surface area (Å²) >= 11 is 0. The van der Waals surface area contributed by atoms with Gasteiger partial charge in [-0.25, -0.2) is 4.98 Å². The van der Waals surface area contributed by atoms with Crippen LogP contribution in [-0.4, -0.2) is 34.3 Å². The molecule has 0 aliphatic carbocycles. The van der Waals surface area contributed by atoms with Crippen molar-refractivity contribution in [3.63, 3.8) is 0 Å². The van der Waals surface area contributed by atoms with Crippen molar-refractivity contribution in [2.75, 3.05) is 18.0 Å². The maximum absolute atomic E-state index is 13.7. The zero-order chi connectivity index (χ0) is 26.5. The highest BCUT2D eigenvalue weighted by atomic mass is 16.2. The van der Waals surface area contributed by atoms with E-state index < -0.39 is 12.1 Å². The highest BCUT2D eigenvalue weighted by Gasteiger charge is 2.27. The number of benzene rings is 2. The number of rotatable bonds is 9. The van der Waals surface area contributed by atoms with E-state index in [4.69, 9.17) is 0 Å². The molecule has 7 nitrogen and oxygen atoms in total. The number of ketones is 1. The Balaban J connectivity index is 1.64. The highest BCUT2D eigenvalue weighted by molar-refractivity contribution is 5.83. The molecule has 0 saturated carbocycles. The smallest absolute Gasteiger partial charge is 0.261 e.